The molecule has 1 aliphatic rings. The van der Waals surface area contributed by atoms with E-state index in [4.69, 9.17) is 14.0 Å². The van der Waals surface area contributed by atoms with Crippen molar-refractivity contribution in [3.63, 3.8) is 0 Å². The molecule has 1 radical (unpaired) electrons. The summed E-state index contributed by atoms with van der Waals surface area (Å²) in [5.74, 6) is 0. The highest BCUT2D eigenvalue weighted by Gasteiger charge is 2.51. The zero-order valence-corrected chi connectivity index (χ0v) is 23.1. The first-order valence-corrected chi connectivity index (χ1v) is 12.9. The molecule has 7 heteroatoms. The van der Waals surface area contributed by atoms with Crippen molar-refractivity contribution in [2.75, 3.05) is 0 Å². The van der Waals surface area contributed by atoms with E-state index in [0.717, 1.165) is 38.4 Å². The molecule has 4 aromatic rings. The van der Waals surface area contributed by atoms with Gasteiger partial charge in [-0.1, -0.05) is 47.9 Å². The Morgan fingerprint density at radius 2 is 1.38 bits per heavy atom. The third kappa shape index (κ3) is 4.52. The molecule has 0 atom stereocenters. The predicted octanol–water partition coefficient (Wildman–Crippen LogP) is 4.89. The van der Waals surface area contributed by atoms with Crippen molar-refractivity contribution < 1.29 is 19.1 Å². The summed E-state index contributed by atoms with van der Waals surface area (Å²) in [6, 6.07) is 23.1. The summed E-state index contributed by atoms with van der Waals surface area (Å²) in [5.41, 5.74) is 2.68. The van der Waals surface area contributed by atoms with Gasteiger partial charge in [-0.3, -0.25) is 0 Å². The first-order valence-electron chi connectivity index (χ1n) is 12.9. The predicted molar refractivity (Wildman–Crippen MR) is 153 cm³/mol. The molecule has 0 saturated carbocycles. The second-order valence-corrected chi connectivity index (χ2v) is 12.1. The molecule has 1 fully saturated rings. The molecule has 1 N–H and O–H groups in total. The zero-order chi connectivity index (χ0) is 26.8. The maximum Gasteiger partial charge on any atom is 0.494 e. The zero-order valence-electron chi connectivity index (χ0n) is 23.1. The van der Waals surface area contributed by atoms with E-state index in [-0.39, 0.29) is 0 Å². The third-order valence-corrected chi connectivity index (χ3v) is 8.32. The first kappa shape index (κ1) is 26.1. The molecule has 0 unspecified atom stereocenters. The number of nitrogens with zero attached hydrogens (tertiary/aromatic N) is 1. The summed E-state index contributed by atoms with van der Waals surface area (Å²) in [6.07, 6.45) is 0. The van der Waals surface area contributed by atoms with E-state index in [2.05, 4.69) is 92.9 Å². The molecule has 191 valence electrons. The second-order valence-electron chi connectivity index (χ2n) is 12.1. The van der Waals surface area contributed by atoms with Gasteiger partial charge < -0.3 is 23.6 Å². The molecule has 3 aromatic carbocycles. The molecular formula is C30H36B2NO4. The van der Waals surface area contributed by atoms with Crippen molar-refractivity contribution in [3.05, 3.63) is 66.7 Å². The topological polar surface area (TPSA) is 52.9 Å². The van der Waals surface area contributed by atoms with Crippen LogP contribution in [0.3, 0.4) is 0 Å². The molecule has 0 aliphatic carbocycles. The number of hydrogen-bond donors (Lipinski definition) is 1. The number of para-hydroxylation sites is 1. The van der Waals surface area contributed by atoms with E-state index in [0.29, 0.717) is 0 Å². The third-order valence-electron chi connectivity index (χ3n) is 8.32. The van der Waals surface area contributed by atoms with E-state index in [9.17, 15) is 5.11 Å². The lowest BCUT2D eigenvalue weighted by molar-refractivity contribution is -0.0893. The van der Waals surface area contributed by atoms with Crippen LogP contribution in [0, 0.1) is 0 Å². The number of benzene rings is 3. The maximum atomic E-state index is 10.5. The SMILES string of the molecule is CC(C)(O)C(C)(C)O[B]c1ccc2c(c1)c1cc(B3OC(C)(C)C(C)(C)O3)ccc1n2-c1ccccc1. The van der Waals surface area contributed by atoms with Crippen LogP contribution in [0.15, 0.2) is 66.7 Å². The Morgan fingerprint density at radius 3 is 1.97 bits per heavy atom. The molecule has 5 nitrogen and oxygen atoms in total. The van der Waals surface area contributed by atoms with Gasteiger partial charge >= 0.3 is 14.6 Å². The second kappa shape index (κ2) is 8.74. The summed E-state index contributed by atoms with van der Waals surface area (Å²) >= 11 is 0. The average molecular weight is 496 g/mol. The van der Waals surface area contributed by atoms with Gasteiger partial charge in [0.1, 0.15) is 0 Å². The lowest BCUT2D eigenvalue weighted by Gasteiger charge is -2.37. The van der Waals surface area contributed by atoms with Crippen LogP contribution in [-0.4, -0.2) is 46.7 Å². The summed E-state index contributed by atoms with van der Waals surface area (Å²) in [5, 5.41) is 12.7. The molecule has 1 aliphatic heterocycles. The van der Waals surface area contributed by atoms with E-state index in [1.54, 1.807) is 21.3 Å². The van der Waals surface area contributed by atoms with Crippen molar-refractivity contribution in [1.82, 2.24) is 4.57 Å². The molecule has 1 saturated heterocycles. The molecule has 0 bridgehead atoms. The van der Waals surface area contributed by atoms with Gasteiger partial charge in [-0.05, 0) is 85.1 Å². The Kier molecular flexibility index (Phi) is 6.15. The summed E-state index contributed by atoms with van der Waals surface area (Å²) in [4.78, 5) is 0. The molecule has 2 heterocycles. The van der Waals surface area contributed by atoms with Crippen LogP contribution in [0.1, 0.15) is 55.4 Å². The smallest absolute Gasteiger partial charge is 0.427 e. The monoisotopic (exact) mass is 496 g/mol. The maximum absolute atomic E-state index is 10.5. The highest BCUT2D eigenvalue weighted by molar-refractivity contribution is 6.62. The number of hydrogen-bond acceptors (Lipinski definition) is 4. The van der Waals surface area contributed by atoms with Crippen molar-refractivity contribution in [3.8, 4) is 5.69 Å². The quantitative estimate of drug-likeness (QED) is 0.387. The van der Waals surface area contributed by atoms with Gasteiger partial charge in [-0.15, -0.1) is 0 Å². The highest BCUT2D eigenvalue weighted by Crippen LogP contribution is 2.37. The minimum absolute atomic E-state index is 0.405. The van der Waals surface area contributed by atoms with Gasteiger partial charge in [0.15, 0.2) is 0 Å². The molecule has 0 spiro atoms. The number of aliphatic hydroxyl groups is 1. The van der Waals surface area contributed by atoms with E-state index in [1.165, 1.54) is 0 Å². The standard InChI is InChI=1S/C30H36B2NO4/c1-27(2,34)28(3,4)35-31-20-14-16-25-23(18-20)24-19-21(32-36-29(5,6)30(7,8)37-32)15-17-26(24)33(25)22-12-10-9-11-13-22/h9-19,34H,1-8H3. The minimum Gasteiger partial charge on any atom is -0.427 e. The summed E-state index contributed by atoms with van der Waals surface area (Å²) in [6.45, 7) is 15.6. The van der Waals surface area contributed by atoms with E-state index >= 15 is 0 Å². The minimum atomic E-state index is -0.991. The van der Waals surface area contributed by atoms with E-state index < -0.39 is 29.5 Å². The lowest BCUT2D eigenvalue weighted by Crippen LogP contribution is -2.49. The number of fused-ring (bicyclic) bond motifs is 3. The highest BCUT2D eigenvalue weighted by atomic mass is 16.7. The fraction of sp³-hybridized carbons (Fsp3) is 0.400. The van der Waals surface area contributed by atoms with Gasteiger partial charge in [0.2, 0.25) is 0 Å². The lowest BCUT2D eigenvalue weighted by atomic mass is 9.78. The van der Waals surface area contributed by atoms with Gasteiger partial charge in [-0.25, -0.2) is 0 Å². The van der Waals surface area contributed by atoms with Gasteiger partial charge in [0.25, 0.3) is 0 Å². The van der Waals surface area contributed by atoms with Crippen molar-refractivity contribution >= 4 is 47.3 Å². The number of aromatic nitrogens is 1. The van der Waals surface area contributed by atoms with Crippen molar-refractivity contribution in [1.29, 1.82) is 0 Å². The fourth-order valence-electron chi connectivity index (χ4n) is 4.47. The van der Waals surface area contributed by atoms with Crippen LogP contribution >= 0.6 is 0 Å². The summed E-state index contributed by atoms with van der Waals surface area (Å²) < 4.78 is 21.1. The molecule has 1 aromatic heterocycles. The summed E-state index contributed by atoms with van der Waals surface area (Å²) in [7, 11) is 1.30. The van der Waals surface area contributed by atoms with Gasteiger partial charge in [0.05, 0.1) is 33.4 Å². The van der Waals surface area contributed by atoms with Crippen LogP contribution in [0.25, 0.3) is 27.5 Å². The Balaban J connectivity index is 1.62. The first-order chi connectivity index (χ1) is 17.2. The Morgan fingerprint density at radius 1 is 0.811 bits per heavy atom. The molecule has 0 amide bonds. The fourth-order valence-corrected chi connectivity index (χ4v) is 4.47. The van der Waals surface area contributed by atoms with Crippen LogP contribution in [0.5, 0.6) is 0 Å². The van der Waals surface area contributed by atoms with Crippen molar-refractivity contribution in [2.24, 2.45) is 0 Å². The largest absolute Gasteiger partial charge is 0.494 e. The van der Waals surface area contributed by atoms with E-state index in [1.807, 2.05) is 19.9 Å². The van der Waals surface area contributed by atoms with Crippen molar-refractivity contribution in [2.45, 2.75) is 77.8 Å². The average Bonchev–Trinajstić information content (AvgIpc) is 3.26. The van der Waals surface area contributed by atoms with Crippen LogP contribution < -0.4 is 10.9 Å². The van der Waals surface area contributed by atoms with Crippen LogP contribution in [0.4, 0.5) is 0 Å². The molecule has 5 rings (SSSR count). The van der Waals surface area contributed by atoms with Gasteiger partial charge in [-0.2, -0.15) is 0 Å². The van der Waals surface area contributed by atoms with Crippen LogP contribution in [0.2, 0.25) is 0 Å². The Labute approximate surface area is 221 Å². The van der Waals surface area contributed by atoms with Crippen LogP contribution in [-0.2, 0) is 14.0 Å². The molecular weight excluding hydrogens is 460 g/mol. The van der Waals surface area contributed by atoms with Gasteiger partial charge in [0, 0.05) is 16.5 Å². The Bertz CT molecular complexity index is 1440. The number of rotatable bonds is 6. The Hall–Kier alpha value is -2.57. The molecule has 37 heavy (non-hydrogen) atoms. The normalized spacial score (nSPS) is 17.6.